The highest BCUT2D eigenvalue weighted by atomic mass is 16.3. The largest absolute Gasteiger partial charge is 0.508 e. The second kappa shape index (κ2) is 5.39. The van der Waals surface area contributed by atoms with Gasteiger partial charge in [0, 0.05) is 20.6 Å². The van der Waals surface area contributed by atoms with Crippen molar-refractivity contribution >= 4 is 11.9 Å². The number of guanidine groups is 2. The number of hydrogen-bond donors (Lipinski definition) is 4. The van der Waals surface area contributed by atoms with Gasteiger partial charge in [-0.3, -0.25) is 15.7 Å². The van der Waals surface area contributed by atoms with Crippen LogP contribution in [0, 0.1) is 17.7 Å². The first-order chi connectivity index (χ1) is 8.34. The zero-order valence-electron chi connectivity index (χ0n) is 10.9. The van der Waals surface area contributed by atoms with Crippen LogP contribution in [0.3, 0.4) is 0 Å². The van der Waals surface area contributed by atoms with Gasteiger partial charge in [-0.05, 0) is 24.1 Å². The van der Waals surface area contributed by atoms with Crippen molar-refractivity contribution in [2.75, 3.05) is 14.1 Å². The Morgan fingerprint density at radius 2 is 1.94 bits per heavy atom. The van der Waals surface area contributed by atoms with E-state index in [0.717, 1.165) is 11.1 Å². The molecule has 0 aliphatic carbocycles. The lowest BCUT2D eigenvalue weighted by molar-refractivity contribution is 0.434. The van der Waals surface area contributed by atoms with Crippen LogP contribution in [0.25, 0.3) is 0 Å². The Bertz CT molecular complexity index is 472. The molecular formula is C12H19N5O. The summed E-state index contributed by atoms with van der Waals surface area (Å²) in [5.41, 5.74) is 7.05. The summed E-state index contributed by atoms with van der Waals surface area (Å²) in [7, 11) is 3.31. The maximum Gasteiger partial charge on any atom is 0.200 e. The van der Waals surface area contributed by atoms with Crippen molar-refractivity contribution in [3.8, 4) is 5.75 Å². The molecule has 0 bridgehead atoms. The summed E-state index contributed by atoms with van der Waals surface area (Å²) < 4.78 is 0. The second-order valence-corrected chi connectivity index (χ2v) is 4.19. The molecule has 0 spiro atoms. The van der Waals surface area contributed by atoms with Crippen molar-refractivity contribution in [1.82, 2.24) is 9.80 Å². The Morgan fingerprint density at radius 3 is 2.50 bits per heavy atom. The molecule has 0 radical (unpaired) electrons. The first-order valence-corrected chi connectivity index (χ1v) is 5.49. The van der Waals surface area contributed by atoms with E-state index in [2.05, 4.69) is 0 Å². The highest BCUT2D eigenvalue weighted by molar-refractivity contribution is 5.94. The smallest absolute Gasteiger partial charge is 0.200 e. The predicted octanol–water partition coefficient (Wildman–Crippen LogP) is 0.892. The van der Waals surface area contributed by atoms with Crippen molar-refractivity contribution in [1.29, 1.82) is 10.8 Å². The number of nitrogens with one attached hydrogen (secondary N) is 2. The van der Waals surface area contributed by atoms with Crippen molar-refractivity contribution in [2.24, 2.45) is 5.73 Å². The molecule has 98 valence electrons. The van der Waals surface area contributed by atoms with Gasteiger partial charge >= 0.3 is 0 Å². The molecule has 0 aromatic heterocycles. The third-order valence-electron chi connectivity index (χ3n) is 2.87. The van der Waals surface area contributed by atoms with Crippen LogP contribution in [-0.4, -0.2) is 40.9 Å². The minimum atomic E-state index is -0.181. The lowest BCUT2D eigenvalue weighted by atomic mass is 10.1. The van der Waals surface area contributed by atoms with Crippen molar-refractivity contribution in [3.63, 3.8) is 0 Å². The lowest BCUT2D eigenvalue weighted by Crippen LogP contribution is -2.45. The molecule has 1 aromatic rings. The third-order valence-corrected chi connectivity index (χ3v) is 2.87. The molecule has 0 aliphatic heterocycles. The van der Waals surface area contributed by atoms with Crippen LogP contribution < -0.4 is 5.73 Å². The fraction of sp³-hybridized carbons (Fsp3) is 0.333. The standard InChI is InChI=1S/C12H19N5O/c1-8-9(5-4-6-10(8)18)7-16(2)12(15)17(3)11(13)14/h4-6,15,18H,7H2,1-3H3,(H3,13,14). The predicted molar refractivity (Wildman–Crippen MR) is 71.7 cm³/mol. The van der Waals surface area contributed by atoms with Gasteiger partial charge in [-0.15, -0.1) is 0 Å². The Labute approximate surface area is 107 Å². The summed E-state index contributed by atoms with van der Waals surface area (Å²) in [6.45, 7) is 2.30. The van der Waals surface area contributed by atoms with Crippen LogP contribution >= 0.6 is 0 Å². The van der Waals surface area contributed by atoms with Gasteiger partial charge in [0.25, 0.3) is 0 Å². The quantitative estimate of drug-likeness (QED) is 0.462. The number of hydrogen-bond acceptors (Lipinski definition) is 3. The van der Waals surface area contributed by atoms with Crippen molar-refractivity contribution in [3.05, 3.63) is 29.3 Å². The summed E-state index contributed by atoms with van der Waals surface area (Å²) in [5, 5.41) is 24.8. The summed E-state index contributed by atoms with van der Waals surface area (Å²) in [4.78, 5) is 2.93. The topological polar surface area (TPSA) is 100 Å². The normalized spacial score (nSPS) is 9.94. The number of phenols is 1. The van der Waals surface area contributed by atoms with E-state index in [1.54, 1.807) is 31.1 Å². The highest BCUT2D eigenvalue weighted by Crippen LogP contribution is 2.20. The van der Waals surface area contributed by atoms with E-state index in [0.29, 0.717) is 6.54 Å². The van der Waals surface area contributed by atoms with Crippen LogP contribution in [0.5, 0.6) is 5.75 Å². The number of benzene rings is 1. The fourth-order valence-corrected chi connectivity index (χ4v) is 1.54. The summed E-state index contributed by atoms with van der Waals surface area (Å²) in [6.07, 6.45) is 0. The van der Waals surface area contributed by atoms with E-state index in [4.69, 9.17) is 16.6 Å². The Hall–Kier alpha value is -2.24. The van der Waals surface area contributed by atoms with E-state index in [-0.39, 0.29) is 17.7 Å². The first kappa shape index (κ1) is 13.8. The van der Waals surface area contributed by atoms with Gasteiger partial charge < -0.3 is 15.7 Å². The monoisotopic (exact) mass is 249 g/mol. The minimum Gasteiger partial charge on any atom is -0.508 e. The molecule has 0 saturated heterocycles. The second-order valence-electron chi connectivity index (χ2n) is 4.19. The molecule has 0 unspecified atom stereocenters. The number of nitrogens with two attached hydrogens (primary N) is 1. The van der Waals surface area contributed by atoms with Crippen LogP contribution in [0.2, 0.25) is 0 Å². The zero-order chi connectivity index (χ0) is 13.9. The molecule has 0 aliphatic rings. The minimum absolute atomic E-state index is 0.130. The maximum absolute atomic E-state index is 9.61. The fourth-order valence-electron chi connectivity index (χ4n) is 1.54. The number of nitrogens with zero attached hydrogens (tertiary/aromatic N) is 2. The van der Waals surface area contributed by atoms with Crippen LogP contribution in [0.1, 0.15) is 11.1 Å². The molecule has 6 nitrogen and oxygen atoms in total. The summed E-state index contributed by atoms with van der Waals surface area (Å²) in [6, 6.07) is 5.29. The van der Waals surface area contributed by atoms with Gasteiger partial charge in [0.2, 0.25) is 0 Å². The molecule has 0 fully saturated rings. The molecule has 0 saturated carbocycles. The Morgan fingerprint density at radius 1 is 1.33 bits per heavy atom. The summed E-state index contributed by atoms with van der Waals surface area (Å²) in [5.74, 6) is 0.192. The van der Waals surface area contributed by atoms with Gasteiger partial charge in [0.1, 0.15) is 5.75 Å². The van der Waals surface area contributed by atoms with Crippen LogP contribution in [-0.2, 0) is 6.54 Å². The van der Waals surface area contributed by atoms with Crippen LogP contribution in [0.15, 0.2) is 18.2 Å². The molecule has 1 rings (SSSR count). The zero-order valence-corrected chi connectivity index (χ0v) is 10.9. The molecule has 6 heteroatoms. The van der Waals surface area contributed by atoms with Gasteiger partial charge in [-0.25, -0.2) is 0 Å². The SMILES string of the molecule is Cc1c(O)cccc1CN(C)C(=N)N(C)C(=N)N. The molecule has 0 heterocycles. The maximum atomic E-state index is 9.61. The van der Waals surface area contributed by atoms with Gasteiger partial charge in [0.05, 0.1) is 0 Å². The van der Waals surface area contributed by atoms with Gasteiger partial charge in [0.15, 0.2) is 11.9 Å². The molecule has 5 N–H and O–H groups in total. The molecule has 0 atom stereocenters. The Kier molecular flexibility index (Phi) is 4.14. The highest BCUT2D eigenvalue weighted by Gasteiger charge is 2.13. The summed E-state index contributed by atoms with van der Waals surface area (Å²) >= 11 is 0. The van der Waals surface area contributed by atoms with E-state index in [1.807, 2.05) is 13.0 Å². The molecule has 0 amide bonds. The number of aromatic hydroxyl groups is 1. The van der Waals surface area contributed by atoms with E-state index in [9.17, 15) is 5.11 Å². The molecule has 1 aromatic carbocycles. The molecular weight excluding hydrogens is 230 g/mol. The third kappa shape index (κ3) is 2.91. The van der Waals surface area contributed by atoms with Crippen LogP contribution in [0.4, 0.5) is 0 Å². The van der Waals surface area contributed by atoms with Gasteiger partial charge in [-0.2, -0.15) is 0 Å². The first-order valence-electron chi connectivity index (χ1n) is 5.49. The average Bonchev–Trinajstić information content (AvgIpc) is 2.32. The molecule has 18 heavy (non-hydrogen) atoms. The lowest BCUT2D eigenvalue weighted by Gasteiger charge is -2.27. The van der Waals surface area contributed by atoms with Crippen molar-refractivity contribution < 1.29 is 5.11 Å². The average molecular weight is 249 g/mol. The van der Waals surface area contributed by atoms with E-state index >= 15 is 0 Å². The number of phenolic OH excluding ortho intramolecular Hbond substituents is 1. The van der Waals surface area contributed by atoms with Gasteiger partial charge in [-0.1, -0.05) is 12.1 Å². The van der Waals surface area contributed by atoms with E-state index in [1.165, 1.54) is 4.90 Å². The number of rotatable bonds is 2. The Balaban J connectivity index is 2.82. The van der Waals surface area contributed by atoms with Crippen molar-refractivity contribution in [2.45, 2.75) is 13.5 Å². The van der Waals surface area contributed by atoms with E-state index < -0.39 is 0 Å².